The number of pyridine rings is 1. The number of amides is 1. The van der Waals surface area contributed by atoms with Crippen LogP contribution in [0, 0.1) is 5.21 Å². The van der Waals surface area contributed by atoms with E-state index < -0.39 is 0 Å². The van der Waals surface area contributed by atoms with Crippen LogP contribution in [-0.4, -0.2) is 37.1 Å². The third kappa shape index (κ3) is 3.23. The maximum absolute atomic E-state index is 12.5. The third-order valence-electron chi connectivity index (χ3n) is 3.61. The molecule has 0 bridgehead atoms. The van der Waals surface area contributed by atoms with E-state index in [9.17, 15) is 10.0 Å². The van der Waals surface area contributed by atoms with Gasteiger partial charge >= 0.3 is 5.91 Å². The summed E-state index contributed by atoms with van der Waals surface area (Å²) in [6.45, 7) is 1.03. The minimum absolute atomic E-state index is 0.186. The van der Waals surface area contributed by atoms with Crippen molar-refractivity contribution in [3.8, 4) is 0 Å². The number of carbonyl (C=O) groups is 1. The van der Waals surface area contributed by atoms with E-state index in [0.29, 0.717) is 17.9 Å². The van der Waals surface area contributed by atoms with E-state index >= 15 is 0 Å². The molecular weight excluding hydrogens is 244 g/mol. The second-order valence-corrected chi connectivity index (χ2v) is 4.84. The Morgan fingerprint density at radius 1 is 1.47 bits per heavy atom. The smallest absolute Gasteiger partial charge is 0.320 e. The van der Waals surface area contributed by atoms with Gasteiger partial charge in [0.2, 0.25) is 0 Å². The van der Waals surface area contributed by atoms with Gasteiger partial charge in [0.1, 0.15) is 0 Å². The van der Waals surface area contributed by atoms with E-state index in [1.54, 1.807) is 30.2 Å². The van der Waals surface area contributed by atoms with Crippen LogP contribution >= 0.6 is 0 Å². The van der Waals surface area contributed by atoms with Crippen molar-refractivity contribution in [2.45, 2.75) is 31.7 Å². The molecule has 0 atom stereocenters. The lowest BCUT2D eigenvalue weighted by Crippen LogP contribution is -2.46. The van der Waals surface area contributed by atoms with Crippen LogP contribution in [-0.2, 0) is 4.74 Å². The van der Waals surface area contributed by atoms with Crippen LogP contribution in [0.1, 0.15) is 36.2 Å². The molecule has 0 radical (unpaired) electrons. The molecule has 0 aliphatic heterocycles. The Bertz CT molecular complexity index is 430. The number of hydrogen-bond donors (Lipinski definition) is 0. The van der Waals surface area contributed by atoms with Crippen LogP contribution in [0.15, 0.2) is 24.4 Å². The molecule has 1 aromatic heterocycles. The number of aromatic nitrogens is 1. The molecule has 0 saturated heterocycles. The quantitative estimate of drug-likeness (QED) is 0.596. The molecule has 0 N–H and O–H groups in total. The van der Waals surface area contributed by atoms with Crippen molar-refractivity contribution in [1.29, 1.82) is 0 Å². The minimum atomic E-state index is -0.195. The monoisotopic (exact) mass is 264 g/mol. The van der Waals surface area contributed by atoms with Gasteiger partial charge in [0, 0.05) is 31.8 Å². The van der Waals surface area contributed by atoms with Crippen molar-refractivity contribution in [1.82, 2.24) is 4.90 Å². The van der Waals surface area contributed by atoms with Gasteiger partial charge in [-0.2, -0.15) is 4.73 Å². The third-order valence-corrected chi connectivity index (χ3v) is 3.61. The van der Waals surface area contributed by atoms with E-state index in [1.807, 2.05) is 0 Å². The predicted molar refractivity (Wildman–Crippen MR) is 70.6 cm³/mol. The molecule has 1 saturated carbocycles. The molecule has 1 fully saturated rings. The highest BCUT2D eigenvalue weighted by Gasteiger charge is 2.30. The summed E-state index contributed by atoms with van der Waals surface area (Å²) in [5.74, 6) is -0.195. The summed E-state index contributed by atoms with van der Waals surface area (Å²) in [7, 11) is 1.62. The lowest BCUT2D eigenvalue weighted by molar-refractivity contribution is -0.608. The zero-order valence-electron chi connectivity index (χ0n) is 11.2. The summed E-state index contributed by atoms with van der Waals surface area (Å²) < 4.78 is 5.71. The molecule has 1 aliphatic rings. The normalized spacial score (nSPS) is 15.6. The van der Waals surface area contributed by atoms with E-state index in [0.717, 1.165) is 25.7 Å². The van der Waals surface area contributed by atoms with Gasteiger partial charge in [-0.15, -0.1) is 0 Å². The lowest BCUT2D eigenvalue weighted by Gasteiger charge is -2.27. The highest BCUT2D eigenvalue weighted by Crippen LogP contribution is 2.24. The molecule has 2 rings (SSSR count). The van der Waals surface area contributed by atoms with Gasteiger partial charge in [0.05, 0.1) is 6.61 Å². The van der Waals surface area contributed by atoms with E-state index in [1.165, 1.54) is 6.20 Å². The van der Waals surface area contributed by atoms with Gasteiger partial charge in [0.25, 0.3) is 5.69 Å². The Kier molecular flexibility index (Phi) is 4.74. The molecule has 19 heavy (non-hydrogen) atoms. The van der Waals surface area contributed by atoms with Crippen LogP contribution in [0.4, 0.5) is 0 Å². The molecule has 1 heterocycles. The number of rotatable bonds is 5. The van der Waals surface area contributed by atoms with Gasteiger partial charge in [-0.3, -0.25) is 4.79 Å². The molecule has 0 aromatic carbocycles. The molecule has 104 valence electrons. The molecule has 0 unspecified atom stereocenters. The highest BCUT2D eigenvalue weighted by molar-refractivity contribution is 5.91. The Morgan fingerprint density at radius 3 is 2.84 bits per heavy atom. The zero-order chi connectivity index (χ0) is 13.7. The molecule has 1 aliphatic carbocycles. The van der Waals surface area contributed by atoms with Gasteiger partial charge in [-0.05, 0) is 18.9 Å². The summed E-state index contributed by atoms with van der Waals surface area (Å²) in [5, 5.41) is 11.7. The summed E-state index contributed by atoms with van der Waals surface area (Å²) in [6, 6.07) is 5.15. The zero-order valence-corrected chi connectivity index (χ0v) is 11.2. The molecule has 5 nitrogen and oxygen atoms in total. The molecular formula is C14H20N2O3. The standard InChI is InChI=1S/C14H20N2O3/c1-19-11-10-15(12-6-2-3-7-12)14(17)13-8-4-5-9-16(13)18/h4-5,8-9,12H,2-3,6-7,10-11H2,1H3. The van der Waals surface area contributed by atoms with Gasteiger partial charge in [-0.25, -0.2) is 0 Å². The van der Waals surface area contributed by atoms with Crippen LogP contribution < -0.4 is 4.73 Å². The Hall–Kier alpha value is -1.62. The van der Waals surface area contributed by atoms with Crippen molar-refractivity contribution in [2.24, 2.45) is 0 Å². The number of nitrogens with zero attached hydrogens (tertiary/aromatic N) is 2. The Labute approximate surface area is 113 Å². The SMILES string of the molecule is COCCN(C(=O)c1cccc[n+]1[O-])C1CCCC1. The first-order chi connectivity index (χ1) is 9.24. The fourth-order valence-corrected chi connectivity index (χ4v) is 2.60. The van der Waals surface area contributed by atoms with Gasteiger partial charge in [0.15, 0.2) is 6.20 Å². The predicted octanol–water partition coefficient (Wildman–Crippen LogP) is 1.35. The average molecular weight is 264 g/mol. The fourth-order valence-electron chi connectivity index (χ4n) is 2.60. The number of ether oxygens (including phenoxy) is 1. The summed E-state index contributed by atoms with van der Waals surface area (Å²) in [6.07, 6.45) is 5.68. The first-order valence-corrected chi connectivity index (χ1v) is 6.72. The van der Waals surface area contributed by atoms with E-state index in [4.69, 9.17) is 4.74 Å². The first kappa shape index (κ1) is 13.8. The van der Waals surface area contributed by atoms with Crippen LogP contribution in [0.2, 0.25) is 0 Å². The van der Waals surface area contributed by atoms with Crippen molar-refractivity contribution in [2.75, 3.05) is 20.3 Å². The number of hydrogen-bond acceptors (Lipinski definition) is 3. The number of carbonyl (C=O) groups excluding carboxylic acids is 1. The van der Waals surface area contributed by atoms with Crippen molar-refractivity contribution in [3.05, 3.63) is 35.3 Å². The highest BCUT2D eigenvalue weighted by atomic mass is 16.5. The van der Waals surface area contributed by atoms with E-state index in [2.05, 4.69) is 0 Å². The Morgan fingerprint density at radius 2 is 2.21 bits per heavy atom. The van der Waals surface area contributed by atoms with Crippen molar-refractivity contribution < 1.29 is 14.3 Å². The topological polar surface area (TPSA) is 56.5 Å². The number of methoxy groups -OCH3 is 1. The average Bonchev–Trinajstić information content (AvgIpc) is 2.93. The maximum atomic E-state index is 12.5. The van der Waals surface area contributed by atoms with Crippen molar-refractivity contribution >= 4 is 5.91 Å². The largest absolute Gasteiger partial charge is 0.618 e. The Balaban J connectivity index is 2.17. The molecule has 1 aromatic rings. The molecule has 0 spiro atoms. The van der Waals surface area contributed by atoms with Gasteiger partial charge < -0.3 is 14.8 Å². The molecule has 5 heteroatoms. The first-order valence-electron chi connectivity index (χ1n) is 6.72. The van der Waals surface area contributed by atoms with Crippen LogP contribution in [0.3, 0.4) is 0 Å². The lowest BCUT2D eigenvalue weighted by atomic mass is 10.2. The summed E-state index contributed by atoms with van der Waals surface area (Å²) >= 11 is 0. The second-order valence-electron chi connectivity index (χ2n) is 4.84. The molecule has 1 amide bonds. The van der Waals surface area contributed by atoms with E-state index in [-0.39, 0.29) is 17.6 Å². The fraction of sp³-hybridized carbons (Fsp3) is 0.571. The maximum Gasteiger partial charge on any atom is 0.320 e. The van der Waals surface area contributed by atoms with Crippen LogP contribution in [0.5, 0.6) is 0 Å². The van der Waals surface area contributed by atoms with Gasteiger partial charge in [-0.1, -0.05) is 12.8 Å². The van der Waals surface area contributed by atoms with Crippen molar-refractivity contribution in [3.63, 3.8) is 0 Å². The summed E-state index contributed by atoms with van der Waals surface area (Å²) in [5.41, 5.74) is 0.186. The second kappa shape index (κ2) is 6.52. The van der Waals surface area contributed by atoms with Crippen LogP contribution in [0.25, 0.3) is 0 Å². The summed E-state index contributed by atoms with van der Waals surface area (Å²) in [4.78, 5) is 14.3. The minimum Gasteiger partial charge on any atom is -0.618 e.